The minimum atomic E-state index is -0.355. The second-order valence-electron chi connectivity index (χ2n) is 8.34. The van der Waals surface area contributed by atoms with E-state index in [4.69, 9.17) is 4.74 Å². The van der Waals surface area contributed by atoms with Crippen LogP contribution in [0.4, 0.5) is 5.69 Å². The van der Waals surface area contributed by atoms with Gasteiger partial charge < -0.3 is 14.5 Å². The van der Waals surface area contributed by atoms with E-state index in [0.717, 1.165) is 24.1 Å². The van der Waals surface area contributed by atoms with Crippen molar-refractivity contribution in [2.45, 2.75) is 25.5 Å². The predicted molar refractivity (Wildman–Crippen MR) is 117 cm³/mol. The Hall–Kier alpha value is -3.19. The molecule has 0 saturated carbocycles. The fourth-order valence-electron chi connectivity index (χ4n) is 4.05. The molecule has 0 N–H and O–H groups in total. The first-order chi connectivity index (χ1) is 14.8. The van der Waals surface area contributed by atoms with Gasteiger partial charge in [-0.1, -0.05) is 12.1 Å². The summed E-state index contributed by atoms with van der Waals surface area (Å²) < 4.78 is 5.57. The van der Waals surface area contributed by atoms with Crippen LogP contribution in [0.5, 0.6) is 0 Å². The van der Waals surface area contributed by atoms with Gasteiger partial charge in [0.2, 0.25) is 0 Å². The van der Waals surface area contributed by atoms with Gasteiger partial charge in [0.25, 0.3) is 17.7 Å². The van der Waals surface area contributed by atoms with E-state index in [1.807, 2.05) is 43.3 Å². The lowest BCUT2D eigenvalue weighted by molar-refractivity contribution is 0.0475. The maximum absolute atomic E-state index is 13.0. The Morgan fingerprint density at radius 3 is 2.39 bits per heavy atom. The maximum Gasteiger partial charge on any atom is 0.261 e. The third kappa shape index (κ3) is 4.18. The molecular formula is C24H27N3O4. The van der Waals surface area contributed by atoms with Crippen molar-refractivity contribution < 1.29 is 19.1 Å². The monoisotopic (exact) mass is 421 g/mol. The van der Waals surface area contributed by atoms with Gasteiger partial charge in [0, 0.05) is 45.5 Å². The molecule has 2 aromatic rings. The number of hydrogen-bond donors (Lipinski definition) is 0. The van der Waals surface area contributed by atoms with E-state index < -0.39 is 0 Å². The SMILES string of the molecule is CN(Cc1ccc(N(C)C)cc1)C(=O)c1ccc2c(c1)C(=O)N(C[C@@H]1CCCO1)C2=O. The van der Waals surface area contributed by atoms with Crippen LogP contribution in [-0.2, 0) is 11.3 Å². The van der Waals surface area contributed by atoms with Crippen LogP contribution in [0.15, 0.2) is 42.5 Å². The second-order valence-corrected chi connectivity index (χ2v) is 8.34. The van der Waals surface area contributed by atoms with E-state index in [-0.39, 0.29) is 35.9 Å². The molecule has 2 aromatic carbocycles. The lowest BCUT2D eigenvalue weighted by Crippen LogP contribution is -2.36. The van der Waals surface area contributed by atoms with E-state index in [9.17, 15) is 14.4 Å². The maximum atomic E-state index is 13.0. The highest BCUT2D eigenvalue weighted by molar-refractivity contribution is 6.22. The van der Waals surface area contributed by atoms with Crippen LogP contribution >= 0.6 is 0 Å². The molecule has 7 nitrogen and oxygen atoms in total. The summed E-state index contributed by atoms with van der Waals surface area (Å²) in [6.45, 7) is 1.37. The summed E-state index contributed by atoms with van der Waals surface area (Å²) in [4.78, 5) is 43.3. The Balaban J connectivity index is 1.47. The molecule has 2 heterocycles. The number of nitrogens with zero attached hydrogens (tertiary/aromatic N) is 3. The third-order valence-corrected chi connectivity index (χ3v) is 5.85. The van der Waals surface area contributed by atoms with Crippen LogP contribution in [-0.4, -0.2) is 67.9 Å². The number of anilines is 1. The first kappa shape index (κ1) is 21.1. The summed E-state index contributed by atoms with van der Waals surface area (Å²) in [5, 5.41) is 0. The summed E-state index contributed by atoms with van der Waals surface area (Å²) in [6.07, 6.45) is 1.68. The van der Waals surface area contributed by atoms with Crippen LogP contribution < -0.4 is 4.90 Å². The molecule has 0 unspecified atom stereocenters. The van der Waals surface area contributed by atoms with Gasteiger partial charge in [0.15, 0.2) is 0 Å². The third-order valence-electron chi connectivity index (χ3n) is 5.85. The minimum Gasteiger partial charge on any atom is -0.378 e. The van der Waals surface area contributed by atoms with E-state index in [1.54, 1.807) is 30.1 Å². The lowest BCUT2D eigenvalue weighted by atomic mass is 10.0. The van der Waals surface area contributed by atoms with Crippen molar-refractivity contribution >= 4 is 23.4 Å². The first-order valence-corrected chi connectivity index (χ1v) is 10.5. The van der Waals surface area contributed by atoms with E-state index in [1.165, 1.54) is 4.90 Å². The number of hydrogen-bond acceptors (Lipinski definition) is 5. The number of amides is 3. The number of rotatable bonds is 6. The Kier molecular flexibility index (Phi) is 5.78. The van der Waals surface area contributed by atoms with Crippen molar-refractivity contribution in [2.75, 3.05) is 39.2 Å². The van der Waals surface area contributed by atoms with Crippen molar-refractivity contribution in [2.24, 2.45) is 0 Å². The Labute approximate surface area is 182 Å². The number of imide groups is 1. The highest BCUT2D eigenvalue weighted by Gasteiger charge is 2.38. The van der Waals surface area contributed by atoms with Crippen LogP contribution in [0.2, 0.25) is 0 Å². The standard InChI is InChI=1S/C24H27N3O4/c1-25(2)18-9-6-16(7-10-18)14-26(3)22(28)17-8-11-20-21(13-17)24(30)27(23(20)29)15-19-5-4-12-31-19/h6-11,13,19H,4-5,12,14-15H2,1-3H3/t19-/m0/s1. The smallest absolute Gasteiger partial charge is 0.261 e. The summed E-state index contributed by atoms with van der Waals surface area (Å²) in [5.74, 6) is -0.867. The van der Waals surface area contributed by atoms with Gasteiger partial charge in [-0.3, -0.25) is 19.3 Å². The molecule has 0 aliphatic carbocycles. The molecule has 0 spiro atoms. The van der Waals surface area contributed by atoms with Gasteiger partial charge in [-0.05, 0) is 48.7 Å². The molecule has 1 atom stereocenters. The Morgan fingerprint density at radius 1 is 1.03 bits per heavy atom. The highest BCUT2D eigenvalue weighted by Crippen LogP contribution is 2.26. The zero-order valence-corrected chi connectivity index (χ0v) is 18.1. The molecule has 7 heteroatoms. The zero-order valence-electron chi connectivity index (χ0n) is 18.1. The predicted octanol–water partition coefficient (Wildman–Crippen LogP) is 2.80. The van der Waals surface area contributed by atoms with Gasteiger partial charge in [-0.2, -0.15) is 0 Å². The molecule has 0 aromatic heterocycles. The molecule has 4 rings (SSSR count). The summed E-state index contributed by atoms with van der Waals surface area (Å²) in [5.41, 5.74) is 3.13. The van der Waals surface area contributed by atoms with E-state index in [0.29, 0.717) is 24.3 Å². The minimum absolute atomic E-state index is 0.103. The summed E-state index contributed by atoms with van der Waals surface area (Å²) in [6, 6.07) is 12.7. The molecule has 1 fully saturated rings. The van der Waals surface area contributed by atoms with Crippen molar-refractivity contribution in [3.05, 3.63) is 64.7 Å². The molecular weight excluding hydrogens is 394 g/mol. The number of carbonyl (C=O) groups is 3. The number of fused-ring (bicyclic) bond motifs is 1. The molecule has 0 radical (unpaired) electrons. The number of ether oxygens (including phenoxy) is 1. The van der Waals surface area contributed by atoms with E-state index in [2.05, 4.69) is 0 Å². The van der Waals surface area contributed by atoms with Crippen LogP contribution in [0.25, 0.3) is 0 Å². The molecule has 31 heavy (non-hydrogen) atoms. The molecule has 1 saturated heterocycles. The Morgan fingerprint density at radius 2 is 1.74 bits per heavy atom. The Bertz CT molecular complexity index is 1010. The molecule has 162 valence electrons. The molecule has 2 aliphatic rings. The summed E-state index contributed by atoms with van der Waals surface area (Å²) in [7, 11) is 5.69. The fourth-order valence-corrected chi connectivity index (χ4v) is 4.05. The van der Waals surface area contributed by atoms with Gasteiger partial charge in [0.1, 0.15) is 0 Å². The van der Waals surface area contributed by atoms with Gasteiger partial charge in [0.05, 0.1) is 23.8 Å². The summed E-state index contributed by atoms with van der Waals surface area (Å²) >= 11 is 0. The van der Waals surface area contributed by atoms with Crippen molar-refractivity contribution in [1.29, 1.82) is 0 Å². The quantitative estimate of drug-likeness (QED) is 0.671. The molecule has 0 bridgehead atoms. The number of carbonyl (C=O) groups excluding carboxylic acids is 3. The van der Waals surface area contributed by atoms with Gasteiger partial charge >= 0.3 is 0 Å². The van der Waals surface area contributed by atoms with E-state index >= 15 is 0 Å². The van der Waals surface area contributed by atoms with Crippen LogP contribution in [0, 0.1) is 0 Å². The van der Waals surface area contributed by atoms with Crippen molar-refractivity contribution in [3.63, 3.8) is 0 Å². The number of benzene rings is 2. The highest BCUT2D eigenvalue weighted by atomic mass is 16.5. The van der Waals surface area contributed by atoms with Crippen LogP contribution in [0.3, 0.4) is 0 Å². The van der Waals surface area contributed by atoms with Crippen molar-refractivity contribution in [1.82, 2.24) is 9.80 Å². The second kappa shape index (κ2) is 8.51. The fraction of sp³-hybridized carbons (Fsp3) is 0.375. The van der Waals surface area contributed by atoms with Crippen LogP contribution in [0.1, 0.15) is 49.5 Å². The van der Waals surface area contributed by atoms with Gasteiger partial charge in [-0.15, -0.1) is 0 Å². The van der Waals surface area contributed by atoms with Gasteiger partial charge in [-0.25, -0.2) is 0 Å². The molecule has 2 aliphatic heterocycles. The average molecular weight is 421 g/mol. The average Bonchev–Trinajstić information content (AvgIpc) is 3.36. The zero-order chi connectivity index (χ0) is 22.1. The topological polar surface area (TPSA) is 70.2 Å². The molecule has 3 amide bonds. The lowest BCUT2D eigenvalue weighted by Gasteiger charge is -2.19. The largest absolute Gasteiger partial charge is 0.378 e. The first-order valence-electron chi connectivity index (χ1n) is 10.5. The van der Waals surface area contributed by atoms with Crippen molar-refractivity contribution in [3.8, 4) is 0 Å². The normalized spacial score (nSPS) is 17.8.